The summed E-state index contributed by atoms with van der Waals surface area (Å²) in [6.07, 6.45) is 2.05. The third-order valence-electron chi connectivity index (χ3n) is 1.19. The molecule has 0 saturated carbocycles. The maximum absolute atomic E-state index is 4.08. The Hall–Kier alpha value is 0.429. The fourth-order valence-electron chi connectivity index (χ4n) is 0.852. The van der Waals surface area contributed by atoms with Gasteiger partial charge in [0.2, 0.25) is 0 Å². The number of hydrogen-bond acceptors (Lipinski definition) is 2. The van der Waals surface area contributed by atoms with Crippen LogP contribution in [-0.4, -0.2) is 26.1 Å². The molecule has 1 nitrogen and oxygen atoms in total. The molecule has 0 aromatic carbocycles. The molecule has 0 aliphatic heterocycles. The van der Waals surface area contributed by atoms with Crippen molar-refractivity contribution in [1.82, 2.24) is 4.98 Å². The van der Waals surface area contributed by atoms with Gasteiger partial charge in [0.05, 0.1) is 0 Å². The van der Waals surface area contributed by atoms with E-state index in [0.717, 1.165) is 0 Å². The van der Waals surface area contributed by atoms with Crippen LogP contribution in [0.5, 0.6) is 0 Å². The van der Waals surface area contributed by atoms with Crippen molar-refractivity contribution >= 4 is 35.4 Å². The third-order valence-corrected chi connectivity index (χ3v) is 8.76. The molecule has 0 aliphatic rings. The number of thiazole rings is 1. The number of rotatable bonds is 1. The van der Waals surface area contributed by atoms with Gasteiger partial charge < -0.3 is 0 Å². The molecule has 0 saturated heterocycles. The molecule has 0 fully saturated rings. The zero-order valence-corrected chi connectivity index (χ0v) is 11.6. The number of hydrogen-bond donors (Lipinski definition) is 0. The Bertz CT molecular complexity index is 188. The van der Waals surface area contributed by atoms with Crippen LogP contribution in [0, 0.1) is 0 Å². The zero-order chi connectivity index (χ0) is 7.61. The van der Waals surface area contributed by atoms with Gasteiger partial charge in [-0.2, -0.15) is 0 Å². The summed E-state index contributed by atoms with van der Waals surface area (Å²) in [4.78, 5) is 4.08. The Morgan fingerprint density at radius 2 is 2.20 bits per heavy atom. The van der Waals surface area contributed by atoms with E-state index in [1.807, 2.05) is 23.0 Å². The molecular formula is C7H13NSSn. The van der Waals surface area contributed by atoms with Crippen LogP contribution in [0.2, 0.25) is 3.43 Å². The van der Waals surface area contributed by atoms with Crippen molar-refractivity contribution in [1.29, 1.82) is 0 Å². The average molecular weight is 262 g/mol. The standard InChI is InChI=1S/C4H9.C3H2NS.Sn.2H/c1-4(2)3;1-2-5-3-4-1;;;/h1-3H3;1,3H;;;. The second-order valence-electron chi connectivity index (χ2n) is 3.71. The predicted molar refractivity (Wildman–Crippen MR) is 50.0 cm³/mol. The van der Waals surface area contributed by atoms with E-state index in [9.17, 15) is 0 Å². The van der Waals surface area contributed by atoms with Crippen molar-refractivity contribution in [3.63, 3.8) is 0 Å². The molecule has 1 heterocycles. The predicted octanol–water partition coefficient (Wildman–Crippen LogP) is 1.16. The Morgan fingerprint density at radius 1 is 1.50 bits per heavy atom. The molecule has 0 atom stereocenters. The summed E-state index contributed by atoms with van der Waals surface area (Å²) in [5.74, 6) is 0. The number of nitrogens with zero attached hydrogens (tertiary/aromatic N) is 1. The van der Waals surface area contributed by atoms with Gasteiger partial charge in [0.1, 0.15) is 0 Å². The van der Waals surface area contributed by atoms with Crippen LogP contribution in [0.4, 0.5) is 0 Å². The molecule has 0 radical (unpaired) electrons. The first-order valence-corrected chi connectivity index (χ1v) is 8.37. The van der Waals surface area contributed by atoms with Crippen LogP contribution in [0.25, 0.3) is 0 Å². The summed E-state index contributed by atoms with van der Waals surface area (Å²) in [6, 6.07) is 0. The number of aromatic nitrogens is 1. The zero-order valence-electron chi connectivity index (χ0n) is 6.72. The molecule has 1 aromatic heterocycles. The summed E-state index contributed by atoms with van der Waals surface area (Å²) in [6.45, 7) is 7.01. The average Bonchev–Trinajstić information content (AvgIpc) is 2.12. The van der Waals surface area contributed by atoms with Crippen LogP contribution in [0.15, 0.2) is 11.7 Å². The third kappa shape index (κ3) is 3.01. The molecule has 1 aromatic rings. The Kier molecular flexibility index (Phi) is 2.74. The summed E-state index contributed by atoms with van der Waals surface area (Å²) in [7, 11) is 0. The van der Waals surface area contributed by atoms with Gasteiger partial charge in [-0.3, -0.25) is 0 Å². The van der Waals surface area contributed by atoms with E-state index in [-0.39, 0.29) is 0 Å². The van der Waals surface area contributed by atoms with E-state index in [1.165, 1.54) is 0 Å². The summed E-state index contributed by atoms with van der Waals surface area (Å²) < 4.78 is 2.20. The fourth-order valence-corrected chi connectivity index (χ4v) is 9.12. The topological polar surface area (TPSA) is 12.9 Å². The first kappa shape index (κ1) is 8.52. The van der Waals surface area contributed by atoms with E-state index in [1.54, 1.807) is 2.89 Å². The van der Waals surface area contributed by atoms with Gasteiger partial charge in [-0.25, -0.2) is 0 Å². The molecule has 3 heteroatoms. The van der Waals surface area contributed by atoms with Gasteiger partial charge in [0.15, 0.2) is 0 Å². The normalized spacial score (nSPS) is 13.1. The van der Waals surface area contributed by atoms with E-state index in [4.69, 9.17) is 0 Å². The van der Waals surface area contributed by atoms with E-state index in [2.05, 4.69) is 25.8 Å². The van der Waals surface area contributed by atoms with Crippen LogP contribution < -0.4 is 2.89 Å². The molecule has 56 valence electrons. The molecule has 10 heavy (non-hydrogen) atoms. The van der Waals surface area contributed by atoms with Gasteiger partial charge in [-0.15, -0.1) is 0 Å². The van der Waals surface area contributed by atoms with Crippen LogP contribution in [0.1, 0.15) is 20.8 Å². The Morgan fingerprint density at radius 3 is 2.60 bits per heavy atom. The Balaban J connectivity index is 2.57. The first-order valence-electron chi connectivity index (χ1n) is 3.45. The second kappa shape index (κ2) is 3.22. The van der Waals surface area contributed by atoms with Crippen molar-refractivity contribution in [3.8, 4) is 0 Å². The van der Waals surface area contributed by atoms with Gasteiger partial charge in [0, 0.05) is 0 Å². The van der Waals surface area contributed by atoms with E-state index in [0.29, 0.717) is 3.43 Å². The SMILES string of the molecule is C[C](C)(C)[SnH2][c]1cncs1. The molecule has 1 rings (SSSR count). The first-order chi connectivity index (χ1) is 4.58. The van der Waals surface area contributed by atoms with Crippen LogP contribution in [-0.2, 0) is 0 Å². The van der Waals surface area contributed by atoms with E-state index < -0.39 is 21.1 Å². The quantitative estimate of drug-likeness (QED) is 0.692. The molecule has 0 aliphatic carbocycles. The van der Waals surface area contributed by atoms with E-state index >= 15 is 0 Å². The van der Waals surface area contributed by atoms with Gasteiger partial charge in [-0.1, -0.05) is 0 Å². The Labute approximate surface area is 76.1 Å². The monoisotopic (exact) mass is 263 g/mol. The van der Waals surface area contributed by atoms with Gasteiger partial charge >= 0.3 is 76.3 Å². The maximum atomic E-state index is 4.08. The van der Waals surface area contributed by atoms with Gasteiger partial charge in [-0.05, 0) is 0 Å². The molecule has 0 unspecified atom stereocenters. The summed E-state index contributed by atoms with van der Waals surface area (Å²) in [5.41, 5.74) is 1.94. The minimum absolute atomic E-state index is 0.605. The van der Waals surface area contributed by atoms with Crippen LogP contribution >= 0.6 is 11.3 Å². The molecule has 0 bridgehead atoms. The van der Waals surface area contributed by atoms with Crippen molar-refractivity contribution < 1.29 is 0 Å². The van der Waals surface area contributed by atoms with Crippen LogP contribution in [0.3, 0.4) is 0 Å². The van der Waals surface area contributed by atoms with Crippen molar-refractivity contribution in [2.45, 2.75) is 24.2 Å². The summed E-state index contributed by atoms with van der Waals surface area (Å²) >= 11 is 1.14. The molecule has 0 amide bonds. The molecular weight excluding hydrogens is 249 g/mol. The van der Waals surface area contributed by atoms with Crippen molar-refractivity contribution in [2.75, 3.05) is 0 Å². The summed E-state index contributed by atoms with van der Waals surface area (Å²) in [5, 5.41) is 0. The molecule has 0 N–H and O–H groups in total. The van der Waals surface area contributed by atoms with Crippen molar-refractivity contribution in [3.05, 3.63) is 11.7 Å². The van der Waals surface area contributed by atoms with Crippen molar-refractivity contribution in [2.24, 2.45) is 0 Å². The minimum atomic E-state index is -0.695. The van der Waals surface area contributed by atoms with Gasteiger partial charge in [0.25, 0.3) is 0 Å². The fraction of sp³-hybridized carbons (Fsp3) is 0.571. The molecule has 0 spiro atoms. The second-order valence-corrected chi connectivity index (χ2v) is 15.4.